The topological polar surface area (TPSA) is 81.4 Å². The van der Waals surface area contributed by atoms with Gasteiger partial charge in [0.15, 0.2) is 11.5 Å². The van der Waals surface area contributed by atoms with Crippen LogP contribution in [0.1, 0.15) is 25.3 Å². The summed E-state index contributed by atoms with van der Waals surface area (Å²) >= 11 is 1.37. The third-order valence-electron chi connectivity index (χ3n) is 4.05. The molecule has 1 amide bonds. The number of para-hydroxylation sites is 1. The third kappa shape index (κ3) is 2.72. The summed E-state index contributed by atoms with van der Waals surface area (Å²) < 4.78 is 11.7. The van der Waals surface area contributed by atoms with Crippen LogP contribution in [0.25, 0.3) is 11.3 Å². The van der Waals surface area contributed by atoms with E-state index in [1.165, 1.54) is 11.8 Å². The third-order valence-corrected chi connectivity index (χ3v) is 4.59. The van der Waals surface area contributed by atoms with Crippen molar-refractivity contribution in [3.05, 3.63) is 48.4 Å². The molecule has 132 valence electrons. The van der Waals surface area contributed by atoms with Gasteiger partial charge in [0.2, 0.25) is 23.2 Å². The minimum Gasteiger partial charge on any atom is -0.463 e. The van der Waals surface area contributed by atoms with Crippen molar-refractivity contribution in [1.29, 1.82) is 0 Å². The second-order valence-electron chi connectivity index (χ2n) is 5.57. The van der Waals surface area contributed by atoms with Crippen LogP contribution in [0.5, 0.6) is 5.88 Å². The van der Waals surface area contributed by atoms with Crippen LogP contribution in [0.15, 0.2) is 52.2 Å². The van der Waals surface area contributed by atoms with E-state index >= 15 is 0 Å². The second kappa shape index (κ2) is 6.80. The maximum Gasteiger partial charge on any atom is 0.247 e. The number of fused-ring (bicyclic) bond motifs is 3. The average molecular weight is 368 g/mol. The summed E-state index contributed by atoms with van der Waals surface area (Å²) in [5.41, 5.74) is 1.93. The standard InChI is InChI=1S/C18H16N4O3S/c1-3-14(23)22-12-8-5-4-7-11(12)15-16(19-18(26-2)21-20-15)25-17(22)13-9-6-10-24-13/h4-10,17H,3H2,1-2H3/t17-/m0/s1. The lowest BCUT2D eigenvalue weighted by atomic mass is 10.1. The van der Waals surface area contributed by atoms with Crippen LogP contribution >= 0.6 is 11.8 Å². The largest absolute Gasteiger partial charge is 0.463 e. The Labute approximate surface area is 154 Å². The molecule has 3 heterocycles. The van der Waals surface area contributed by atoms with Crippen LogP contribution < -0.4 is 9.64 Å². The van der Waals surface area contributed by atoms with Gasteiger partial charge in [-0.1, -0.05) is 36.9 Å². The van der Waals surface area contributed by atoms with Gasteiger partial charge in [-0.3, -0.25) is 9.69 Å². The van der Waals surface area contributed by atoms with Crippen LogP contribution in [0.2, 0.25) is 0 Å². The Morgan fingerprint density at radius 1 is 1.23 bits per heavy atom. The van der Waals surface area contributed by atoms with Gasteiger partial charge < -0.3 is 9.15 Å². The number of furan rings is 1. The molecular weight excluding hydrogens is 352 g/mol. The highest BCUT2D eigenvalue weighted by Gasteiger charge is 2.36. The maximum absolute atomic E-state index is 12.8. The fourth-order valence-corrected chi connectivity index (χ4v) is 3.15. The zero-order valence-electron chi connectivity index (χ0n) is 14.2. The van der Waals surface area contributed by atoms with Crippen LogP contribution in [-0.2, 0) is 4.79 Å². The Bertz CT molecular complexity index is 945. The molecule has 1 aliphatic heterocycles. The molecule has 0 saturated carbocycles. The molecule has 3 aromatic rings. The Morgan fingerprint density at radius 3 is 2.81 bits per heavy atom. The summed E-state index contributed by atoms with van der Waals surface area (Å²) in [4.78, 5) is 18.9. The van der Waals surface area contributed by atoms with Gasteiger partial charge in [-0.25, -0.2) is 0 Å². The lowest BCUT2D eigenvalue weighted by Crippen LogP contribution is -2.37. The summed E-state index contributed by atoms with van der Waals surface area (Å²) in [6.07, 6.45) is 2.97. The van der Waals surface area contributed by atoms with Gasteiger partial charge >= 0.3 is 0 Å². The van der Waals surface area contributed by atoms with Crippen LogP contribution in [-0.4, -0.2) is 27.3 Å². The molecule has 1 aromatic carbocycles. The van der Waals surface area contributed by atoms with Crippen LogP contribution in [0.3, 0.4) is 0 Å². The number of hydrogen-bond acceptors (Lipinski definition) is 7. The van der Waals surface area contributed by atoms with Gasteiger partial charge in [-0.05, 0) is 24.5 Å². The number of thioether (sulfide) groups is 1. The SMILES string of the molecule is CCC(=O)N1c2ccccc2-c2nnc(SC)nc2O[C@H]1c1ccco1. The number of carbonyl (C=O) groups excluding carboxylic acids is 1. The van der Waals surface area contributed by atoms with Crippen molar-refractivity contribution in [1.82, 2.24) is 15.2 Å². The lowest BCUT2D eigenvalue weighted by molar-refractivity contribution is -0.120. The van der Waals surface area contributed by atoms with Crippen molar-refractivity contribution in [2.24, 2.45) is 0 Å². The molecule has 7 nitrogen and oxygen atoms in total. The number of anilines is 1. The number of ether oxygens (including phenoxy) is 1. The van der Waals surface area contributed by atoms with E-state index < -0.39 is 6.23 Å². The molecule has 8 heteroatoms. The first kappa shape index (κ1) is 16.6. The van der Waals surface area contributed by atoms with E-state index in [2.05, 4.69) is 15.2 Å². The first-order valence-corrected chi connectivity index (χ1v) is 9.35. The first-order chi connectivity index (χ1) is 12.7. The van der Waals surface area contributed by atoms with Gasteiger partial charge in [0.05, 0.1) is 12.0 Å². The summed E-state index contributed by atoms with van der Waals surface area (Å²) in [6.45, 7) is 1.81. The summed E-state index contributed by atoms with van der Waals surface area (Å²) in [5.74, 6) is 0.744. The maximum atomic E-state index is 12.8. The van der Waals surface area contributed by atoms with Gasteiger partial charge in [0.1, 0.15) is 0 Å². The quantitative estimate of drug-likeness (QED) is 0.652. The van der Waals surface area contributed by atoms with Crippen molar-refractivity contribution >= 4 is 23.4 Å². The summed E-state index contributed by atoms with van der Waals surface area (Å²) in [5, 5.41) is 8.92. The Morgan fingerprint density at radius 2 is 2.08 bits per heavy atom. The van der Waals surface area contributed by atoms with E-state index in [1.54, 1.807) is 23.3 Å². The molecule has 4 rings (SSSR count). The van der Waals surface area contributed by atoms with E-state index in [0.717, 1.165) is 5.56 Å². The van der Waals surface area contributed by atoms with E-state index in [9.17, 15) is 4.79 Å². The van der Waals surface area contributed by atoms with Gasteiger partial charge in [-0.15, -0.1) is 10.2 Å². The molecule has 0 aliphatic carbocycles. The number of nitrogens with zero attached hydrogens (tertiary/aromatic N) is 4. The predicted molar refractivity (Wildman–Crippen MR) is 96.9 cm³/mol. The summed E-state index contributed by atoms with van der Waals surface area (Å²) in [6, 6.07) is 11.0. The number of benzene rings is 1. The van der Waals surface area contributed by atoms with E-state index in [4.69, 9.17) is 9.15 Å². The zero-order valence-corrected chi connectivity index (χ0v) is 15.1. The molecule has 1 atom stereocenters. The number of hydrogen-bond donors (Lipinski definition) is 0. The highest BCUT2D eigenvalue weighted by atomic mass is 32.2. The van der Waals surface area contributed by atoms with Gasteiger partial charge in [0, 0.05) is 12.0 Å². The van der Waals surface area contributed by atoms with Crippen molar-refractivity contribution in [3.8, 4) is 17.1 Å². The fraction of sp³-hybridized carbons (Fsp3) is 0.222. The molecule has 2 aromatic heterocycles. The van der Waals surface area contributed by atoms with Crippen molar-refractivity contribution in [2.75, 3.05) is 11.2 Å². The average Bonchev–Trinajstić information content (AvgIpc) is 3.17. The van der Waals surface area contributed by atoms with Gasteiger partial charge in [-0.2, -0.15) is 4.98 Å². The molecule has 0 N–H and O–H groups in total. The van der Waals surface area contributed by atoms with Crippen molar-refractivity contribution in [2.45, 2.75) is 24.7 Å². The predicted octanol–water partition coefficient (Wildman–Crippen LogP) is 3.69. The number of carbonyl (C=O) groups is 1. The molecule has 0 spiro atoms. The fourth-order valence-electron chi connectivity index (χ4n) is 2.86. The Balaban J connectivity index is 1.97. The van der Waals surface area contributed by atoms with Crippen molar-refractivity contribution < 1.29 is 13.9 Å². The monoisotopic (exact) mass is 368 g/mol. The number of rotatable bonds is 3. The van der Waals surface area contributed by atoms with Crippen LogP contribution in [0.4, 0.5) is 5.69 Å². The Kier molecular flexibility index (Phi) is 4.34. The molecule has 0 saturated heterocycles. The molecule has 0 fully saturated rings. The summed E-state index contributed by atoms with van der Waals surface area (Å²) in [7, 11) is 0. The molecule has 26 heavy (non-hydrogen) atoms. The number of aromatic nitrogens is 3. The minimum atomic E-state index is -0.772. The lowest BCUT2D eigenvalue weighted by Gasteiger charge is -2.28. The minimum absolute atomic E-state index is 0.0929. The highest BCUT2D eigenvalue weighted by Crippen LogP contribution is 2.43. The van der Waals surface area contributed by atoms with E-state index in [-0.39, 0.29) is 5.91 Å². The normalized spacial score (nSPS) is 15.6. The molecular formula is C18H16N4O3S. The zero-order chi connectivity index (χ0) is 18.1. The highest BCUT2D eigenvalue weighted by molar-refractivity contribution is 7.98. The van der Waals surface area contributed by atoms with E-state index in [1.807, 2.05) is 37.4 Å². The molecule has 0 radical (unpaired) electrons. The van der Waals surface area contributed by atoms with Gasteiger partial charge in [0.25, 0.3) is 0 Å². The smallest absolute Gasteiger partial charge is 0.247 e. The first-order valence-electron chi connectivity index (χ1n) is 8.13. The second-order valence-corrected chi connectivity index (χ2v) is 6.35. The molecule has 0 unspecified atom stereocenters. The molecule has 0 bridgehead atoms. The van der Waals surface area contributed by atoms with Crippen molar-refractivity contribution in [3.63, 3.8) is 0 Å². The molecule has 1 aliphatic rings. The van der Waals surface area contributed by atoms with E-state index in [0.29, 0.717) is 34.6 Å². The Hall–Kier alpha value is -2.87. The van der Waals surface area contributed by atoms with Crippen LogP contribution in [0, 0.1) is 0 Å². The number of amides is 1.